The van der Waals surface area contributed by atoms with E-state index in [9.17, 15) is 5.11 Å². The van der Waals surface area contributed by atoms with Gasteiger partial charge in [0.15, 0.2) is 0 Å². The Balaban J connectivity index is 2.08. The van der Waals surface area contributed by atoms with Crippen molar-refractivity contribution in [3.63, 3.8) is 0 Å². The zero-order valence-electron chi connectivity index (χ0n) is 14.7. The predicted octanol–water partition coefficient (Wildman–Crippen LogP) is 3.90. The smallest absolute Gasteiger partial charge is 0.120 e. The minimum Gasteiger partial charge on any atom is -0.385 e. The van der Waals surface area contributed by atoms with Crippen molar-refractivity contribution in [3.05, 3.63) is 71.3 Å². The number of hydrogen-bond acceptors (Lipinski definition) is 1. The quantitative estimate of drug-likeness (QED) is 0.852. The van der Waals surface area contributed by atoms with Gasteiger partial charge in [-0.15, -0.1) is 0 Å². The summed E-state index contributed by atoms with van der Waals surface area (Å²) in [5.74, 6) is 0.194. The van der Waals surface area contributed by atoms with Gasteiger partial charge in [0.2, 0.25) is 0 Å². The van der Waals surface area contributed by atoms with Gasteiger partial charge in [-0.2, -0.15) is 0 Å². The average Bonchev–Trinajstić information content (AvgIpc) is 2.50. The number of benzene rings is 2. The predicted molar refractivity (Wildman–Crippen MR) is 95.0 cm³/mol. The van der Waals surface area contributed by atoms with Crippen molar-refractivity contribution in [1.29, 1.82) is 0 Å². The number of rotatable bonds is 3. The van der Waals surface area contributed by atoms with E-state index in [4.69, 9.17) is 0 Å². The number of quaternary nitrogens is 1. The molecule has 23 heavy (non-hydrogen) atoms. The van der Waals surface area contributed by atoms with Crippen molar-refractivity contribution in [1.82, 2.24) is 0 Å². The van der Waals surface area contributed by atoms with Crippen LogP contribution < -0.4 is 0 Å². The van der Waals surface area contributed by atoms with Crippen molar-refractivity contribution in [2.45, 2.75) is 31.4 Å². The first-order chi connectivity index (χ1) is 10.8. The van der Waals surface area contributed by atoms with Crippen LogP contribution in [0.2, 0.25) is 0 Å². The lowest BCUT2D eigenvalue weighted by Crippen LogP contribution is -2.50. The Labute approximate surface area is 140 Å². The summed E-state index contributed by atoms with van der Waals surface area (Å²) >= 11 is 0. The molecule has 0 radical (unpaired) electrons. The van der Waals surface area contributed by atoms with Gasteiger partial charge >= 0.3 is 0 Å². The van der Waals surface area contributed by atoms with Gasteiger partial charge in [0, 0.05) is 11.5 Å². The SMILES string of the molecule is C[C@@]1(O)c2ccccc2CC[C@@H]1[C@@H](c1ccccc1)[N+](C)(C)C. The summed E-state index contributed by atoms with van der Waals surface area (Å²) in [5.41, 5.74) is 2.90. The summed E-state index contributed by atoms with van der Waals surface area (Å²) in [7, 11) is 6.69. The second-order valence-corrected chi connectivity index (χ2v) is 7.92. The molecular formula is C21H28NO+. The van der Waals surface area contributed by atoms with Crippen LogP contribution in [0.25, 0.3) is 0 Å². The molecule has 0 saturated carbocycles. The lowest BCUT2D eigenvalue weighted by atomic mass is 9.67. The number of fused-ring (bicyclic) bond motifs is 1. The van der Waals surface area contributed by atoms with Gasteiger partial charge in [0.05, 0.1) is 26.7 Å². The van der Waals surface area contributed by atoms with E-state index in [0.717, 1.165) is 22.9 Å². The molecule has 1 aliphatic carbocycles. The van der Waals surface area contributed by atoms with Crippen LogP contribution in [-0.2, 0) is 12.0 Å². The third-order valence-electron chi connectivity index (χ3n) is 5.37. The van der Waals surface area contributed by atoms with E-state index in [2.05, 4.69) is 69.7 Å². The van der Waals surface area contributed by atoms with Crippen LogP contribution in [0.3, 0.4) is 0 Å². The third kappa shape index (κ3) is 2.93. The van der Waals surface area contributed by atoms with Crippen molar-refractivity contribution < 1.29 is 9.59 Å². The zero-order valence-corrected chi connectivity index (χ0v) is 14.7. The van der Waals surface area contributed by atoms with Crippen LogP contribution in [0, 0.1) is 5.92 Å². The maximum atomic E-state index is 11.5. The monoisotopic (exact) mass is 310 g/mol. The summed E-state index contributed by atoms with van der Waals surface area (Å²) in [6.07, 6.45) is 2.05. The number of hydrogen-bond donors (Lipinski definition) is 1. The van der Waals surface area contributed by atoms with E-state index in [0.29, 0.717) is 0 Å². The Morgan fingerprint density at radius 3 is 2.26 bits per heavy atom. The standard InChI is InChI=1S/C21H28NO/c1-21(23)18-13-9-8-10-16(18)14-15-19(21)20(22(2,3)4)17-11-6-5-7-12-17/h5-13,19-20,23H,14-15H2,1-4H3/q+1/t19-,20-,21-/m1/s1. The topological polar surface area (TPSA) is 20.2 Å². The summed E-state index contributed by atoms with van der Waals surface area (Å²) < 4.78 is 0.812. The van der Waals surface area contributed by atoms with E-state index in [1.807, 2.05) is 13.0 Å². The maximum Gasteiger partial charge on any atom is 0.120 e. The molecule has 3 rings (SSSR count). The van der Waals surface area contributed by atoms with E-state index < -0.39 is 5.60 Å². The highest BCUT2D eigenvalue weighted by Crippen LogP contribution is 2.48. The molecule has 1 aliphatic rings. The minimum absolute atomic E-state index is 0.194. The molecule has 122 valence electrons. The van der Waals surface area contributed by atoms with Gasteiger partial charge in [-0.1, -0.05) is 54.6 Å². The minimum atomic E-state index is -0.805. The van der Waals surface area contributed by atoms with Gasteiger partial charge in [0.25, 0.3) is 0 Å². The van der Waals surface area contributed by atoms with Crippen LogP contribution in [0.1, 0.15) is 36.1 Å². The second kappa shape index (κ2) is 5.77. The maximum absolute atomic E-state index is 11.5. The Morgan fingerprint density at radius 2 is 1.61 bits per heavy atom. The van der Waals surface area contributed by atoms with Gasteiger partial charge in [-0.25, -0.2) is 0 Å². The second-order valence-electron chi connectivity index (χ2n) is 7.92. The third-order valence-corrected chi connectivity index (χ3v) is 5.37. The number of aliphatic hydroxyl groups is 1. The fourth-order valence-corrected chi connectivity index (χ4v) is 4.36. The summed E-state index contributed by atoms with van der Waals surface area (Å²) in [6, 6.07) is 19.3. The van der Waals surface area contributed by atoms with Crippen molar-refractivity contribution in [2.75, 3.05) is 21.1 Å². The average molecular weight is 310 g/mol. The summed E-state index contributed by atoms with van der Waals surface area (Å²) in [4.78, 5) is 0. The lowest BCUT2D eigenvalue weighted by molar-refractivity contribution is -0.908. The van der Waals surface area contributed by atoms with Gasteiger partial charge in [-0.3, -0.25) is 0 Å². The van der Waals surface area contributed by atoms with Crippen molar-refractivity contribution >= 4 is 0 Å². The van der Waals surface area contributed by atoms with Crippen molar-refractivity contribution in [2.24, 2.45) is 5.92 Å². The van der Waals surface area contributed by atoms with Crippen LogP contribution in [0.4, 0.5) is 0 Å². The van der Waals surface area contributed by atoms with Crippen LogP contribution in [0.5, 0.6) is 0 Å². The fraction of sp³-hybridized carbons (Fsp3) is 0.429. The number of nitrogens with zero attached hydrogens (tertiary/aromatic N) is 1. The van der Waals surface area contributed by atoms with E-state index in [1.54, 1.807) is 0 Å². The van der Waals surface area contributed by atoms with E-state index in [1.165, 1.54) is 11.1 Å². The zero-order chi connectivity index (χ0) is 16.7. The Kier molecular flexibility index (Phi) is 4.07. The molecule has 0 saturated heterocycles. The van der Waals surface area contributed by atoms with Gasteiger partial charge in [0.1, 0.15) is 6.04 Å². The first-order valence-electron chi connectivity index (χ1n) is 8.48. The van der Waals surface area contributed by atoms with Gasteiger partial charge < -0.3 is 9.59 Å². The molecule has 0 aliphatic heterocycles. The molecule has 2 nitrogen and oxygen atoms in total. The highest BCUT2D eigenvalue weighted by molar-refractivity contribution is 5.36. The van der Waals surface area contributed by atoms with Crippen LogP contribution in [-0.4, -0.2) is 30.7 Å². The Morgan fingerprint density at radius 1 is 1.00 bits per heavy atom. The summed E-state index contributed by atoms with van der Waals surface area (Å²) in [5, 5.41) is 11.5. The molecule has 0 heterocycles. The molecule has 0 amide bonds. The molecule has 0 spiro atoms. The van der Waals surface area contributed by atoms with Crippen LogP contribution in [0.15, 0.2) is 54.6 Å². The molecule has 0 bridgehead atoms. The molecule has 1 N–H and O–H groups in total. The lowest BCUT2D eigenvalue weighted by Gasteiger charge is -2.47. The molecule has 0 aromatic heterocycles. The van der Waals surface area contributed by atoms with Gasteiger partial charge in [-0.05, 0) is 30.9 Å². The molecule has 0 fully saturated rings. The molecule has 3 atom stereocenters. The Hall–Kier alpha value is -1.64. The molecular weight excluding hydrogens is 282 g/mol. The highest BCUT2D eigenvalue weighted by atomic mass is 16.3. The van der Waals surface area contributed by atoms with E-state index >= 15 is 0 Å². The first-order valence-corrected chi connectivity index (χ1v) is 8.48. The summed E-state index contributed by atoms with van der Waals surface area (Å²) in [6.45, 7) is 2.00. The fourth-order valence-electron chi connectivity index (χ4n) is 4.36. The highest BCUT2D eigenvalue weighted by Gasteiger charge is 2.48. The number of aryl methyl sites for hydroxylation is 1. The largest absolute Gasteiger partial charge is 0.385 e. The first kappa shape index (κ1) is 16.2. The molecule has 0 unspecified atom stereocenters. The van der Waals surface area contributed by atoms with E-state index in [-0.39, 0.29) is 12.0 Å². The molecule has 2 heteroatoms. The van der Waals surface area contributed by atoms with Crippen molar-refractivity contribution in [3.8, 4) is 0 Å². The Bertz CT molecular complexity index is 670. The van der Waals surface area contributed by atoms with Crippen LogP contribution >= 0.6 is 0 Å². The normalized spacial score (nSPS) is 25.7. The molecule has 2 aromatic carbocycles. The molecule has 2 aromatic rings.